The van der Waals surface area contributed by atoms with Crippen LogP contribution in [0.2, 0.25) is 0 Å². The van der Waals surface area contributed by atoms with Crippen molar-refractivity contribution in [2.75, 3.05) is 0 Å². The first-order valence-corrected chi connectivity index (χ1v) is 5.63. The second kappa shape index (κ2) is 14.4. The molecule has 0 radical (unpaired) electrons. The first-order valence-electron chi connectivity index (χ1n) is 5.63. The molecule has 0 aromatic rings. The van der Waals surface area contributed by atoms with E-state index in [0.717, 1.165) is 0 Å². The molecule has 2 heteroatoms. The largest absolute Gasteiger partial charge is 3.00 e. The second-order valence-electron chi connectivity index (χ2n) is 3.85. The van der Waals surface area contributed by atoms with Crippen LogP contribution in [-0.2, 0) is 32.7 Å². The third-order valence-electron chi connectivity index (χ3n) is 2.63. The minimum Gasteiger partial charge on any atom is -1.00 e. The average Bonchev–Trinajstić information content (AvgIpc) is 2.24. The Morgan fingerprint density at radius 3 is 0.857 bits per heavy atom. The van der Waals surface area contributed by atoms with Gasteiger partial charge in [-0.2, -0.15) is 25.7 Å². The first kappa shape index (κ1) is 17.8. The minimum absolute atomic E-state index is 0. The molecule has 2 saturated carbocycles. The van der Waals surface area contributed by atoms with Gasteiger partial charge in [0.05, 0.1) is 0 Å². The summed E-state index contributed by atoms with van der Waals surface area (Å²) >= 11 is 0. The minimum atomic E-state index is 0. The van der Waals surface area contributed by atoms with Crippen LogP contribution in [0.4, 0.5) is 0 Å². The average molecular weight is 291 g/mol. The predicted octanol–water partition coefficient (Wildman–Crippen LogP) is 1.31. The van der Waals surface area contributed by atoms with E-state index in [1.54, 1.807) is 0 Å². The summed E-state index contributed by atoms with van der Waals surface area (Å²) in [6, 6.07) is 0. The third kappa shape index (κ3) is 11.5. The van der Waals surface area contributed by atoms with Gasteiger partial charge < -0.3 is 25.2 Å². The monoisotopic (exact) mass is 290 g/mol. The van der Waals surface area contributed by atoms with Crippen molar-refractivity contribution in [1.29, 1.82) is 0 Å². The van der Waals surface area contributed by atoms with Crippen molar-refractivity contribution in [3.05, 3.63) is 12.8 Å². The molecule has 0 amide bonds. The fourth-order valence-corrected chi connectivity index (χ4v) is 1.80. The maximum atomic E-state index is 2.39. The normalized spacial score (nSPS) is 20.6. The van der Waals surface area contributed by atoms with E-state index < -0.39 is 0 Å². The zero-order valence-electron chi connectivity index (χ0n) is 9.18. The molecule has 0 aliphatic heterocycles. The molecule has 80 valence electrons. The molecule has 0 bridgehead atoms. The summed E-state index contributed by atoms with van der Waals surface area (Å²) in [6.07, 6.45) is 19.0. The van der Waals surface area contributed by atoms with Crippen molar-refractivity contribution in [1.82, 2.24) is 0 Å². The van der Waals surface area contributed by atoms with Crippen molar-refractivity contribution in [2.24, 2.45) is 0 Å². The van der Waals surface area contributed by atoms with Gasteiger partial charge in [0.15, 0.2) is 0 Å². The van der Waals surface area contributed by atoms with Gasteiger partial charge in [-0.3, -0.25) is 0 Å². The van der Waals surface area contributed by atoms with Crippen LogP contribution in [0, 0.1) is 12.8 Å². The van der Waals surface area contributed by atoms with E-state index in [2.05, 4.69) is 12.8 Å². The molecule has 0 unspecified atom stereocenters. The summed E-state index contributed by atoms with van der Waals surface area (Å²) in [6.45, 7) is 0. The van der Waals surface area contributed by atoms with E-state index in [-0.39, 0.29) is 45.1 Å². The number of hydrogen-bond donors (Lipinski definition) is 0. The van der Waals surface area contributed by atoms with E-state index in [1.165, 1.54) is 64.2 Å². The second-order valence-corrected chi connectivity index (χ2v) is 3.85. The molecule has 0 aromatic heterocycles. The molecule has 0 aromatic carbocycles. The molecule has 0 heterocycles. The SMILES string of the molecule is [CH-]1CCCCC1.[CH-]1CCCCC1.[Cl-].[Y+3]. The standard InChI is InChI=1S/2C6H11.ClH.Y/c2*1-2-4-6-5-3-1;;/h2*1H,2-6H2;1H;/q2*-1;;+3/p-1. The summed E-state index contributed by atoms with van der Waals surface area (Å²) in [4.78, 5) is 0. The molecular weight excluding hydrogens is 268 g/mol. The molecular formula is C12H22ClY. The molecule has 0 nitrogen and oxygen atoms in total. The Labute approximate surface area is 121 Å². The number of rotatable bonds is 0. The fraction of sp³-hybridized carbons (Fsp3) is 0.833. The van der Waals surface area contributed by atoms with E-state index in [9.17, 15) is 0 Å². The molecule has 2 aliphatic carbocycles. The van der Waals surface area contributed by atoms with Crippen LogP contribution in [0.5, 0.6) is 0 Å². The molecule has 0 N–H and O–H groups in total. The maximum Gasteiger partial charge on any atom is 3.00 e. The van der Waals surface area contributed by atoms with E-state index in [0.29, 0.717) is 0 Å². The third-order valence-corrected chi connectivity index (χ3v) is 2.63. The number of halogens is 1. The Bertz CT molecular complexity index is 53.3. The predicted molar refractivity (Wildman–Crippen MR) is 54.8 cm³/mol. The summed E-state index contributed by atoms with van der Waals surface area (Å²) in [5.41, 5.74) is 0. The summed E-state index contributed by atoms with van der Waals surface area (Å²) in [5.74, 6) is 0. The fourth-order valence-electron chi connectivity index (χ4n) is 1.80. The zero-order valence-corrected chi connectivity index (χ0v) is 12.8. The Hall–Kier alpha value is 1.39. The summed E-state index contributed by atoms with van der Waals surface area (Å²) < 4.78 is 0. The van der Waals surface area contributed by atoms with Gasteiger partial charge in [-0.15, -0.1) is 0 Å². The van der Waals surface area contributed by atoms with E-state index in [1.807, 2.05) is 0 Å². The van der Waals surface area contributed by atoms with Crippen molar-refractivity contribution < 1.29 is 45.1 Å². The Balaban J connectivity index is 0. The van der Waals surface area contributed by atoms with Crippen molar-refractivity contribution in [3.8, 4) is 0 Å². The van der Waals surface area contributed by atoms with Crippen LogP contribution in [0.15, 0.2) is 0 Å². The Morgan fingerprint density at radius 2 is 0.786 bits per heavy atom. The molecule has 0 atom stereocenters. The van der Waals surface area contributed by atoms with Crippen LogP contribution < -0.4 is 12.4 Å². The van der Waals surface area contributed by atoms with Gasteiger partial charge in [-0.1, -0.05) is 38.5 Å². The molecule has 2 rings (SSSR count). The summed E-state index contributed by atoms with van der Waals surface area (Å²) in [7, 11) is 0. The van der Waals surface area contributed by atoms with E-state index >= 15 is 0 Å². The van der Waals surface area contributed by atoms with Gasteiger partial charge in [0.1, 0.15) is 0 Å². The van der Waals surface area contributed by atoms with Crippen molar-refractivity contribution in [3.63, 3.8) is 0 Å². The van der Waals surface area contributed by atoms with Crippen LogP contribution in [0.25, 0.3) is 0 Å². The molecule has 0 saturated heterocycles. The summed E-state index contributed by atoms with van der Waals surface area (Å²) in [5, 5.41) is 0. The van der Waals surface area contributed by atoms with Gasteiger partial charge >= 0.3 is 32.7 Å². The van der Waals surface area contributed by atoms with E-state index in [4.69, 9.17) is 0 Å². The van der Waals surface area contributed by atoms with Gasteiger partial charge in [-0.05, 0) is 0 Å². The molecule has 0 spiro atoms. The molecule has 2 fully saturated rings. The van der Waals surface area contributed by atoms with Gasteiger partial charge in [0.25, 0.3) is 0 Å². The molecule has 14 heavy (non-hydrogen) atoms. The van der Waals surface area contributed by atoms with Gasteiger partial charge in [0, 0.05) is 0 Å². The van der Waals surface area contributed by atoms with Crippen LogP contribution >= 0.6 is 0 Å². The first-order chi connectivity index (χ1) is 6.00. The van der Waals surface area contributed by atoms with Crippen LogP contribution in [0.1, 0.15) is 64.2 Å². The van der Waals surface area contributed by atoms with Crippen molar-refractivity contribution in [2.45, 2.75) is 64.2 Å². The maximum absolute atomic E-state index is 2.39. The molecule has 2 aliphatic rings. The van der Waals surface area contributed by atoms with Crippen LogP contribution in [-0.4, -0.2) is 0 Å². The Kier molecular flexibility index (Phi) is 18.3. The quantitative estimate of drug-likeness (QED) is 0.590. The van der Waals surface area contributed by atoms with Gasteiger partial charge in [-0.25, -0.2) is 0 Å². The number of hydrogen-bond acceptors (Lipinski definition) is 0. The topological polar surface area (TPSA) is 0 Å². The smallest absolute Gasteiger partial charge is 1.00 e. The Morgan fingerprint density at radius 1 is 0.500 bits per heavy atom. The van der Waals surface area contributed by atoms with Crippen LogP contribution in [0.3, 0.4) is 0 Å². The zero-order chi connectivity index (χ0) is 8.49. The van der Waals surface area contributed by atoms with Crippen molar-refractivity contribution >= 4 is 0 Å². The van der Waals surface area contributed by atoms with Gasteiger partial charge in [0.2, 0.25) is 0 Å².